The summed E-state index contributed by atoms with van der Waals surface area (Å²) in [5.74, 6) is -0.311. The Kier molecular flexibility index (Phi) is 7.53. The Morgan fingerprint density at radius 1 is 0.947 bits per heavy atom. The zero-order valence-corrected chi connectivity index (χ0v) is 21.7. The summed E-state index contributed by atoms with van der Waals surface area (Å²) < 4.78 is 0. The number of amides is 4. The maximum absolute atomic E-state index is 13.5. The van der Waals surface area contributed by atoms with E-state index in [-0.39, 0.29) is 24.2 Å². The molecule has 4 aromatic rings. The molecule has 1 aromatic heterocycles. The van der Waals surface area contributed by atoms with Crippen LogP contribution in [0.4, 0.5) is 16.2 Å². The molecule has 0 radical (unpaired) electrons. The zero-order chi connectivity index (χ0) is 26.6. The SMILES string of the molecule is O=C1CC(c2cccc(NC(=O)C(Cc3c[nH]c4ccccc34)NC(=O)Nc3ccc(Cl)c(Cl)c3)c2)CN1. The van der Waals surface area contributed by atoms with Gasteiger partial charge in [-0.2, -0.15) is 0 Å². The van der Waals surface area contributed by atoms with E-state index in [0.717, 1.165) is 22.0 Å². The lowest BCUT2D eigenvalue weighted by atomic mass is 9.97. The van der Waals surface area contributed by atoms with Gasteiger partial charge in [0.25, 0.3) is 0 Å². The van der Waals surface area contributed by atoms with Crippen molar-refractivity contribution < 1.29 is 14.4 Å². The number of carbonyl (C=O) groups is 3. The molecule has 2 atom stereocenters. The average molecular weight is 550 g/mol. The topological polar surface area (TPSA) is 115 Å². The average Bonchev–Trinajstić information content (AvgIpc) is 3.52. The zero-order valence-electron chi connectivity index (χ0n) is 20.2. The van der Waals surface area contributed by atoms with E-state index >= 15 is 0 Å². The molecule has 5 rings (SSSR count). The monoisotopic (exact) mass is 549 g/mol. The molecule has 194 valence electrons. The Labute approximate surface area is 229 Å². The van der Waals surface area contributed by atoms with Gasteiger partial charge in [0.2, 0.25) is 11.8 Å². The first kappa shape index (κ1) is 25.6. The first-order chi connectivity index (χ1) is 18.4. The number of carbonyl (C=O) groups excluding carboxylic acids is 3. The van der Waals surface area contributed by atoms with Crippen LogP contribution in [0.2, 0.25) is 10.0 Å². The van der Waals surface area contributed by atoms with Gasteiger partial charge in [0.1, 0.15) is 6.04 Å². The number of para-hydroxylation sites is 1. The first-order valence-electron chi connectivity index (χ1n) is 12.1. The number of anilines is 2. The van der Waals surface area contributed by atoms with Crippen molar-refractivity contribution in [3.63, 3.8) is 0 Å². The van der Waals surface area contributed by atoms with Gasteiger partial charge < -0.3 is 26.3 Å². The number of aromatic nitrogens is 1. The van der Waals surface area contributed by atoms with Crippen LogP contribution in [0.25, 0.3) is 10.9 Å². The summed E-state index contributed by atoms with van der Waals surface area (Å²) in [6, 6.07) is 18.5. The molecule has 2 heterocycles. The number of urea groups is 1. The van der Waals surface area contributed by atoms with Crippen LogP contribution in [-0.4, -0.2) is 35.4 Å². The van der Waals surface area contributed by atoms with Gasteiger partial charge in [-0.05, 0) is 47.5 Å². The van der Waals surface area contributed by atoms with Crippen molar-refractivity contribution in [1.82, 2.24) is 15.6 Å². The number of hydrogen-bond acceptors (Lipinski definition) is 3. The molecule has 1 aliphatic rings. The maximum atomic E-state index is 13.5. The summed E-state index contributed by atoms with van der Waals surface area (Å²) in [4.78, 5) is 41.2. The van der Waals surface area contributed by atoms with Crippen LogP contribution < -0.4 is 21.3 Å². The first-order valence-corrected chi connectivity index (χ1v) is 12.9. The van der Waals surface area contributed by atoms with Crippen molar-refractivity contribution in [2.24, 2.45) is 0 Å². The van der Waals surface area contributed by atoms with Gasteiger partial charge in [0.15, 0.2) is 0 Å². The van der Waals surface area contributed by atoms with Crippen LogP contribution in [0, 0.1) is 0 Å². The van der Waals surface area contributed by atoms with Crippen molar-refractivity contribution in [3.05, 3.63) is 94.1 Å². The van der Waals surface area contributed by atoms with E-state index in [1.165, 1.54) is 6.07 Å². The van der Waals surface area contributed by atoms with Crippen LogP contribution in [0.3, 0.4) is 0 Å². The quantitative estimate of drug-likeness (QED) is 0.211. The predicted molar refractivity (Wildman–Crippen MR) is 150 cm³/mol. The number of benzene rings is 3. The van der Waals surface area contributed by atoms with E-state index < -0.39 is 12.1 Å². The highest BCUT2D eigenvalue weighted by molar-refractivity contribution is 6.42. The van der Waals surface area contributed by atoms with Gasteiger partial charge in [-0.1, -0.05) is 53.5 Å². The van der Waals surface area contributed by atoms with E-state index in [2.05, 4.69) is 26.3 Å². The van der Waals surface area contributed by atoms with E-state index in [1.807, 2.05) is 48.7 Å². The second-order valence-corrected chi connectivity index (χ2v) is 9.98. The molecule has 0 saturated carbocycles. The van der Waals surface area contributed by atoms with Gasteiger partial charge >= 0.3 is 6.03 Å². The molecule has 1 saturated heterocycles. The molecule has 8 nitrogen and oxygen atoms in total. The second kappa shape index (κ2) is 11.2. The highest BCUT2D eigenvalue weighted by atomic mass is 35.5. The van der Waals surface area contributed by atoms with E-state index in [9.17, 15) is 14.4 Å². The highest BCUT2D eigenvalue weighted by Gasteiger charge is 2.25. The standard InChI is InChI=1S/C28H25Cl2N5O3/c29-22-9-8-20(13-23(22)30)34-28(38)35-25(11-18-15-31-24-7-2-1-6-21(18)24)27(37)33-19-5-3-4-16(10-19)17-12-26(36)32-14-17/h1-10,13,15,17,25,31H,11-12,14H2,(H,32,36)(H,33,37)(H2,34,35,38). The molecule has 4 amide bonds. The van der Waals surface area contributed by atoms with Gasteiger partial charge in [-0.3, -0.25) is 9.59 Å². The number of fused-ring (bicyclic) bond motifs is 1. The molecule has 3 aromatic carbocycles. The molecule has 10 heteroatoms. The number of hydrogen-bond donors (Lipinski definition) is 5. The molecule has 1 fully saturated rings. The fraction of sp³-hybridized carbons (Fsp3) is 0.179. The van der Waals surface area contributed by atoms with Crippen molar-refractivity contribution >= 4 is 63.3 Å². The van der Waals surface area contributed by atoms with Gasteiger partial charge in [-0.25, -0.2) is 4.79 Å². The van der Waals surface area contributed by atoms with Crippen molar-refractivity contribution in [3.8, 4) is 0 Å². The van der Waals surface area contributed by atoms with Crippen LogP contribution in [-0.2, 0) is 16.0 Å². The Morgan fingerprint density at radius 2 is 1.76 bits per heavy atom. The van der Waals surface area contributed by atoms with Gasteiger partial charge in [0, 0.05) is 53.8 Å². The number of halogens is 2. The number of nitrogens with one attached hydrogen (secondary N) is 5. The minimum Gasteiger partial charge on any atom is -0.361 e. The van der Waals surface area contributed by atoms with Crippen LogP contribution in [0.5, 0.6) is 0 Å². The summed E-state index contributed by atoms with van der Waals surface area (Å²) in [5, 5.41) is 12.9. The summed E-state index contributed by atoms with van der Waals surface area (Å²) in [6.07, 6.45) is 2.51. The normalized spacial score (nSPS) is 15.6. The Hall–Kier alpha value is -4.01. The van der Waals surface area contributed by atoms with Crippen molar-refractivity contribution in [2.45, 2.75) is 24.8 Å². The third-order valence-electron chi connectivity index (χ3n) is 6.50. The molecule has 2 unspecified atom stereocenters. The molecule has 38 heavy (non-hydrogen) atoms. The van der Waals surface area contributed by atoms with E-state index in [0.29, 0.717) is 34.4 Å². The Morgan fingerprint density at radius 3 is 2.55 bits per heavy atom. The molecule has 1 aliphatic heterocycles. The lowest BCUT2D eigenvalue weighted by Gasteiger charge is -2.19. The Bertz CT molecular complexity index is 1520. The highest BCUT2D eigenvalue weighted by Crippen LogP contribution is 2.27. The minimum absolute atomic E-state index is 0.0143. The molecular formula is C28H25Cl2N5O3. The van der Waals surface area contributed by atoms with Crippen LogP contribution in [0.1, 0.15) is 23.5 Å². The van der Waals surface area contributed by atoms with Crippen molar-refractivity contribution in [1.29, 1.82) is 0 Å². The summed E-state index contributed by atoms with van der Waals surface area (Å²) >= 11 is 12.0. The van der Waals surface area contributed by atoms with E-state index in [1.54, 1.807) is 18.2 Å². The minimum atomic E-state index is -0.893. The lowest BCUT2D eigenvalue weighted by molar-refractivity contribution is -0.119. The molecule has 5 N–H and O–H groups in total. The summed E-state index contributed by atoms with van der Waals surface area (Å²) in [6.45, 7) is 0.565. The van der Waals surface area contributed by atoms with Crippen LogP contribution >= 0.6 is 23.2 Å². The smallest absolute Gasteiger partial charge is 0.319 e. The third-order valence-corrected chi connectivity index (χ3v) is 7.24. The number of rotatable bonds is 7. The number of aromatic amines is 1. The lowest BCUT2D eigenvalue weighted by Crippen LogP contribution is -2.46. The summed E-state index contributed by atoms with van der Waals surface area (Å²) in [7, 11) is 0. The fourth-order valence-electron chi connectivity index (χ4n) is 4.57. The van der Waals surface area contributed by atoms with Crippen molar-refractivity contribution in [2.75, 3.05) is 17.2 Å². The second-order valence-electron chi connectivity index (χ2n) is 9.16. The summed E-state index contributed by atoms with van der Waals surface area (Å²) in [5.41, 5.74) is 3.81. The largest absolute Gasteiger partial charge is 0.361 e. The van der Waals surface area contributed by atoms with Crippen LogP contribution in [0.15, 0.2) is 72.9 Å². The Balaban J connectivity index is 1.35. The van der Waals surface area contributed by atoms with E-state index in [4.69, 9.17) is 23.2 Å². The fourth-order valence-corrected chi connectivity index (χ4v) is 4.87. The molecule has 0 spiro atoms. The van der Waals surface area contributed by atoms with Gasteiger partial charge in [-0.15, -0.1) is 0 Å². The molecular weight excluding hydrogens is 525 g/mol. The van der Waals surface area contributed by atoms with Gasteiger partial charge in [0.05, 0.1) is 10.0 Å². The molecule has 0 bridgehead atoms. The molecule has 0 aliphatic carbocycles. The third kappa shape index (κ3) is 5.93. The predicted octanol–water partition coefficient (Wildman–Crippen LogP) is 5.45. The number of H-pyrrole nitrogens is 1. The maximum Gasteiger partial charge on any atom is 0.319 e.